The number of aromatic nitrogens is 5. The number of para-hydroxylation sites is 3. The zero-order chi connectivity index (χ0) is 30.8. The number of anilines is 2. The molecule has 0 saturated carbocycles. The molecule has 1 saturated heterocycles. The number of benzene rings is 3. The van der Waals surface area contributed by atoms with Crippen molar-refractivity contribution < 1.29 is 9.53 Å². The van der Waals surface area contributed by atoms with E-state index in [2.05, 4.69) is 39.7 Å². The van der Waals surface area contributed by atoms with Crippen molar-refractivity contribution in [2.24, 2.45) is 7.05 Å². The molecule has 0 bridgehead atoms. The third-order valence-electron chi connectivity index (χ3n) is 8.25. The van der Waals surface area contributed by atoms with E-state index in [1.54, 1.807) is 0 Å². The number of hydrogen-bond donors (Lipinski definition) is 2. The summed E-state index contributed by atoms with van der Waals surface area (Å²) in [5, 5.41) is 12.6. The van der Waals surface area contributed by atoms with Crippen molar-refractivity contribution in [1.82, 2.24) is 29.6 Å². The lowest BCUT2D eigenvalue weighted by Crippen LogP contribution is -2.25. The first-order chi connectivity index (χ1) is 22.0. The highest BCUT2D eigenvalue weighted by Gasteiger charge is 2.21. The highest BCUT2D eigenvalue weighted by Crippen LogP contribution is 2.32. The minimum absolute atomic E-state index is 0.128. The van der Waals surface area contributed by atoms with Crippen LogP contribution in [0.2, 0.25) is 0 Å². The maximum absolute atomic E-state index is 13.4. The van der Waals surface area contributed by atoms with E-state index < -0.39 is 0 Å². The first-order valence-electron chi connectivity index (χ1n) is 15.3. The number of nitrogens with one attached hydrogen (secondary N) is 2. The number of fused-ring (bicyclic) bond motifs is 2. The van der Waals surface area contributed by atoms with Crippen molar-refractivity contribution >= 4 is 51.4 Å². The van der Waals surface area contributed by atoms with Gasteiger partial charge in [0, 0.05) is 30.9 Å². The standard InChI is InChI=1S/C36H35N7O2/c1-24-18-19-37-25(21-24)15-17-30-27-16-14-26(22-33(27)43(41-30)35-13-7-8-20-45-35)39-29-10-4-3-9-28(29)36(44)38-23-34-40-31-11-5-6-12-32(31)42(34)2/h3-6,9-12,14-19,21-22,35,39H,7-8,13,20,23H2,1-2H3,(H,38,44). The lowest BCUT2D eigenvalue weighted by atomic mass is 10.1. The Morgan fingerprint density at radius 2 is 1.87 bits per heavy atom. The van der Waals surface area contributed by atoms with Crippen molar-refractivity contribution in [3.8, 4) is 0 Å². The summed E-state index contributed by atoms with van der Waals surface area (Å²) >= 11 is 0. The van der Waals surface area contributed by atoms with Crippen LogP contribution in [0.25, 0.3) is 34.1 Å². The largest absolute Gasteiger partial charge is 0.356 e. The second-order valence-electron chi connectivity index (χ2n) is 11.4. The average Bonchev–Trinajstić information content (AvgIpc) is 3.60. The number of imidazole rings is 1. The number of ether oxygens (including phenoxy) is 1. The summed E-state index contributed by atoms with van der Waals surface area (Å²) in [7, 11) is 1.96. The third-order valence-corrected chi connectivity index (χ3v) is 8.25. The lowest BCUT2D eigenvalue weighted by molar-refractivity contribution is -0.0367. The Morgan fingerprint density at radius 3 is 2.71 bits per heavy atom. The van der Waals surface area contributed by atoms with Gasteiger partial charge in [-0.15, -0.1) is 0 Å². The zero-order valence-electron chi connectivity index (χ0n) is 25.4. The molecule has 7 rings (SSSR count). The molecule has 3 aromatic carbocycles. The molecule has 1 aliphatic heterocycles. The average molecular weight is 598 g/mol. The van der Waals surface area contributed by atoms with Crippen molar-refractivity contribution in [3.05, 3.63) is 113 Å². The summed E-state index contributed by atoms with van der Waals surface area (Å²) in [6.45, 7) is 3.10. The van der Waals surface area contributed by atoms with Crippen molar-refractivity contribution in [3.63, 3.8) is 0 Å². The minimum atomic E-state index is -0.177. The highest BCUT2D eigenvalue weighted by atomic mass is 16.5. The smallest absolute Gasteiger partial charge is 0.253 e. The molecule has 1 unspecified atom stereocenters. The zero-order valence-corrected chi connectivity index (χ0v) is 25.4. The Hall–Kier alpha value is -5.28. The van der Waals surface area contributed by atoms with Gasteiger partial charge in [0.2, 0.25) is 0 Å². The molecule has 3 aromatic heterocycles. The van der Waals surface area contributed by atoms with Gasteiger partial charge in [0.15, 0.2) is 6.23 Å². The van der Waals surface area contributed by atoms with E-state index in [0.717, 1.165) is 76.3 Å². The van der Waals surface area contributed by atoms with Gasteiger partial charge in [-0.25, -0.2) is 9.67 Å². The number of nitrogens with zero attached hydrogens (tertiary/aromatic N) is 5. The number of carbonyl (C=O) groups is 1. The molecule has 9 heteroatoms. The predicted molar refractivity (Wildman–Crippen MR) is 178 cm³/mol. The van der Waals surface area contributed by atoms with E-state index >= 15 is 0 Å². The number of carbonyl (C=O) groups excluding carboxylic acids is 1. The van der Waals surface area contributed by atoms with Crippen LogP contribution in [-0.4, -0.2) is 36.8 Å². The number of aryl methyl sites for hydroxylation is 2. The molecule has 1 amide bonds. The van der Waals surface area contributed by atoms with E-state index in [1.807, 2.05) is 101 Å². The summed E-state index contributed by atoms with van der Waals surface area (Å²) in [5.41, 5.74) is 7.92. The normalized spacial score (nSPS) is 15.2. The van der Waals surface area contributed by atoms with Gasteiger partial charge in [-0.3, -0.25) is 9.78 Å². The molecule has 0 spiro atoms. The number of hydrogen-bond acceptors (Lipinski definition) is 6. The Kier molecular flexibility index (Phi) is 7.83. The summed E-state index contributed by atoms with van der Waals surface area (Å²) in [6, 6.07) is 25.7. The Morgan fingerprint density at radius 1 is 1.00 bits per heavy atom. The topological polar surface area (TPSA) is 98.9 Å². The fourth-order valence-electron chi connectivity index (χ4n) is 5.87. The summed E-state index contributed by atoms with van der Waals surface area (Å²) in [5.74, 6) is 0.616. The molecule has 4 heterocycles. The van der Waals surface area contributed by atoms with Crippen LogP contribution in [0, 0.1) is 6.92 Å². The second kappa shape index (κ2) is 12.4. The van der Waals surface area contributed by atoms with Gasteiger partial charge in [-0.2, -0.15) is 5.10 Å². The Balaban J connectivity index is 1.16. The van der Waals surface area contributed by atoms with Gasteiger partial charge < -0.3 is 19.9 Å². The quantitative estimate of drug-likeness (QED) is 0.193. The minimum Gasteiger partial charge on any atom is -0.356 e. The van der Waals surface area contributed by atoms with Crippen molar-refractivity contribution in [1.29, 1.82) is 0 Å². The highest BCUT2D eigenvalue weighted by molar-refractivity contribution is 6.00. The third kappa shape index (κ3) is 5.94. The van der Waals surface area contributed by atoms with E-state index in [9.17, 15) is 4.79 Å². The molecule has 0 radical (unpaired) electrons. The van der Waals surface area contributed by atoms with E-state index in [1.165, 1.54) is 0 Å². The van der Waals surface area contributed by atoms with Gasteiger partial charge in [0.05, 0.1) is 45.7 Å². The lowest BCUT2D eigenvalue weighted by Gasteiger charge is -2.23. The van der Waals surface area contributed by atoms with E-state index in [-0.39, 0.29) is 12.1 Å². The predicted octanol–water partition coefficient (Wildman–Crippen LogP) is 7.17. The van der Waals surface area contributed by atoms with Crippen LogP contribution in [-0.2, 0) is 18.3 Å². The van der Waals surface area contributed by atoms with E-state index in [4.69, 9.17) is 9.84 Å². The van der Waals surface area contributed by atoms with Crippen LogP contribution in [0.3, 0.4) is 0 Å². The fraction of sp³-hybridized carbons (Fsp3) is 0.222. The molecule has 1 fully saturated rings. The molecule has 45 heavy (non-hydrogen) atoms. The van der Waals surface area contributed by atoms with Crippen molar-refractivity contribution in [2.75, 3.05) is 11.9 Å². The van der Waals surface area contributed by atoms with Gasteiger partial charge >= 0.3 is 0 Å². The maximum Gasteiger partial charge on any atom is 0.253 e. The van der Waals surface area contributed by atoms with E-state index in [0.29, 0.717) is 17.8 Å². The number of rotatable bonds is 8. The molecule has 2 N–H and O–H groups in total. The molecule has 9 nitrogen and oxygen atoms in total. The van der Waals surface area contributed by atoms with Gasteiger partial charge in [0.1, 0.15) is 5.82 Å². The maximum atomic E-state index is 13.4. The Bertz CT molecular complexity index is 2030. The van der Waals surface area contributed by atoms with Crippen LogP contribution in [0.5, 0.6) is 0 Å². The summed E-state index contributed by atoms with van der Waals surface area (Å²) in [6.07, 6.45) is 8.76. The van der Waals surface area contributed by atoms with Gasteiger partial charge in [0.25, 0.3) is 5.91 Å². The number of amides is 1. The number of pyridine rings is 1. The molecule has 6 aromatic rings. The van der Waals surface area contributed by atoms with Gasteiger partial charge in [-0.05, 0) is 98.5 Å². The van der Waals surface area contributed by atoms with Crippen LogP contribution >= 0.6 is 0 Å². The summed E-state index contributed by atoms with van der Waals surface area (Å²) in [4.78, 5) is 22.6. The van der Waals surface area contributed by atoms with Crippen LogP contribution in [0.4, 0.5) is 11.4 Å². The van der Waals surface area contributed by atoms with Crippen LogP contribution in [0.15, 0.2) is 85.1 Å². The fourth-order valence-corrected chi connectivity index (χ4v) is 5.87. The Labute approximate surface area is 261 Å². The van der Waals surface area contributed by atoms with Crippen molar-refractivity contribution in [2.45, 2.75) is 39.0 Å². The second-order valence-corrected chi connectivity index (χ2v) is 11.4. The molecule has 1 atom stereocenters. The molecule has 226 valence electrons. The molecular weight excluding hydrogens is 562 g/mol. The first-order valence-corrected chi connectivity index (χ1v) is 15.3. The van der Waals surface area contributed by atoms with Gasteiger partial charge in [-0.1, -0.05) is 24.3 Å². The SMILES string of the molecule is Cc1ccnc(C=Cc2nn(C3CCCCO3)c3cc(Nc4ccccc4C(=O)NCc4nc5ccccc5n4C)ccc23)c1. The van der Waals surface area contributed by atoms with Crippen LogP contribution in [0.1, 0.15) is 58.6 Å². The first kappa shape index (κ1) is 28.5. The summed E-state index contributed by atoms with van der Waals surface area (Å²) < 4.78 is 10.2. The van der Waals surface area contributed by atoms with Crippen LogP contribution < -0.4 is 10.6 Å². The molecular formula is C36H35N7O2. The molecule has 0 aliphatic carbocycles. The molecule has 1 aliphatic rings. The monoisotopic (exact) mass is 597 g/mol.